The number of aliphatic hydroxyl groups excluding tert-OH is 1. The second-order valence-electron chi connectivity index (χ2n) is 8.54. The fourth-order valence-electron chi connectivity index (χ4n) is 6.13. The van der Waals surface area contributed by atoms with Crippen LogP contribution in [0.25, 0.3) is 0 Å². The molecule has 2 spiro atoms. The number of fused-ring (bicyclic) bond motifs is 2. The molecule has 6 aliphatic rings. The third-order valence-electron chi connectivity index (χ3n) is 7.72. The molecule has 4 aliphatic heterocycles. The summed E-state index contributed by atoms with van der Waals surface area (Å²) in [7, 11) is 0. The molecule has 0 amide bonds. The minimum absolute atomic E-state index is 0.0358. The maximum atomic E-state index is 11.7. The molecule has 4 heterocycles. The zero-order valence-corrected chi connectivity index (χ0v) is 15.7. The first kappa shape index (κ1) is 16.0. The van der Waals surface area contributed by atoms with Gasteiger partial charge in [0.1, 0.15) is 23.9 Å². The lowest BCUT2D eigenvalue weighted by atomic mass is 9.48. The van der Waals surface area contributed by atoms with Crippen LogP contribution in [0.4, 0.5) is 0 Å². The Hall–Kier alpha value is -0.210. The summed E-state index contributed by atoms with van der Waals surface area (Å²) < 4.78 is 24.3. The Morgan fingerprint density at radius 2 is 1.92 bits per heavy atom. The normalized spacial score (nSPS) is 63.3. The first-order valence-electron chi connectivity index (χ1n) is 8.65. The van der Waals surface area contributed by atoms with Crippen LogP contribution in [0.3, 0.4) is 0 Å². The zero-order valence-electron chi connectivity index (χ0n) is 14.1. The van der Waals surface area contributed by atoms with Crippen LogP contribution in [0.5, 0.6) is 0 Å². The Bertz CT molecular complexity index is 610. The van der Waals surface area contributed by atoms with Crippen molar-refractivity contribution in [3.63, 3.8) is 0 Å². The fourth-order valence-corrected chi connectivity index (χ4v) is 7.12. The summed E-state index contributed by atoms with van der Waals surface area (Å²) in [6.45, 7) is 6.67. The number of halogens is 1. The summed E-state index contributed by atoms with van der Waals surface area (Å²) in [5.74, 6) is -0.385. The van der Waals surface area contributed by atoms with Crippen LogP contribution in [0.2, 0.25) is 0 Å². The topological polar surface area (TPSA) is 77.5 Å². The second-order valence-corrected chi connectivity index (χ2v) is 9.52. The average Bonchev–Trinajstić information content (AvgIpc) is 3.31. The summed E-state index contributed by atoms with van der Waals surface area (Å²) in [5, 5.41) is 10.9. The van der Waals surface area contributed by atoms with E-state index in [4.69, 9.17) is 18.9 Å². The van der Waals surface area contributed by atoms with E-state index in [9.17, 15) is 9.90 Å². The Kier molecular flexibility index (Phi) is 2.91. The smallest absolute Gasteiger partial charge is 0.303 e. The van der Waals surface area contributed by atoms with E-state index in [0.717, 1.165) is 12.8 Å². The van der Waals surface area contributed by atoms with Crippen LogP contribution in [0.1, 0.15) is 33.6 Å². The molecule has 0 aromatic carbocycles. The lowest BCUT2D eigenvalue weighted by Crippen LogP contribution is -2.76. The molecule has 134 valence electrons. The molecule has 4 bridgehead atoms. The van der Waals surface area contributed by atoms with Crippen LogP contribution in [-0.2, 0) is 23.7 Å². The SMILES string of the molecule is CC(=O)O[C@@H]1[C@@H](O)[C@H]2O[C@@H]3[C@H](Br)[C@]4(C)CC[C@]3(CO4)[C@]1(C)C21CO1. The molecule has 7 heteroatoms. The predicted molar refractivity (Wildman–Crippen MR) is 85.8 cm³/mol. The molecule has 6 nitrogen and oxygen atoms in total. The fraction of sp³-hybridized carbons (Fsp3) is 0.941. The van der Waals surface area contributed by atoms with Crippen molar-refractivity contribution in [2.24, 2.45) is 10.8 Å². The molecule has 24 heavy (non-hydrogen) atoms. The number of carbonyl (C=O) groups is 1. The van der Waals surface area contributed by atoms with Crippen LogP contribution in [0.15, 0.2) is 0 Å². The van der Waals surface area contributed by atoms with E-state index in [1.807, 2.05) is 0 Å². The molecule has 6 rings (SSSR count). The maximum Gasteiger partial charge on any atom is 0.303 e. The van der Waals surface area contributed by atoms with E-state index in [1.165, 1.54) is 6.92 Å². The van der Waals surface area contributed by atoms with E-state index in [0.29, 0.717) is 13.2 Å². The molecular weight excluding hydrogens is 380 g/mol. The number of ether oxygens (including phenoxy) is 4. The summed E-state index contributed by atoms with van der Waals surface area (Å²) >= 11 is 3.81. The molecule has 1 unspecified atom stereocenters. The third-order valence-corrected chi connectivity index (χ3v) is 9.17. The second kappa shape index (κ2) is 4.36. The lowest BCUT2D eigenvalue weighted by Gasteiger charge is -2.67. The summed E-state index contributed by atoms with van der Waals surface area (Å²) in [6, 6.07) is 0. The van der Waals surface area contributed by atoms with Crippen LogP contribution in [0, 0.1) is 10.8 Å². The van der Waals surface area contributed by atoms with E-state index in [-0.39, 0.29) is 27.9 Å². The van der Waals surface area contributed by atoms with Gasteiger partial charge in [0, 0.05) is 12.3 Å². The van der Waals surface area contributed by atoms with Gasteiger partial charge in [-0.2, -0.15) is 0 Å². The van der Waals surface area contributed by atoms with Crippen molar-refractivity contribution in [2.75, 3.05) is 13.2 Å². The monoisotopic (exact) mass is 402 g/mol. The van der Waals surface area contributed by atoms with Crippen molar-refractivity contribution in [2.45, 2.75) is 74.1 Å². The molecule has 0 aromatic heterocycles. The van der Waals surface area contributed by atoms with Crippen molar-refractivity contribution >= 4 is 21.9 Å². The van der Waals surface area contributed by atoms with Crippen molar-refractivity contribution in [1.29, 1.82) is 0 Å². The highest BCUT2D eigenvalue weighted by molar-refractivity contribution is 9.09. The standard InChI is InChI=1S/C17H23BrO6/c1-8(19)23-11-9(20)12-17(7-22-17)15(11,3)16-5-4-14(2,21-6-16)10(18)13(16)24-12/h9-13,20H,4-7H2,1-3H3/t9-,10+,11-,12-,13-,14+,15-,16-,17?/m1/s1. The first-order valence-corrected chi connectivity index (χ1v) is 9.56. The molecule has 9 atom stereocenters. The molecule has 1 N–H and O–H groups in total. The van der Waals surface area contributed by atoms with Gasteiger partial charge in [0.05, 0.1) is 35.2 Å². The Morgan fingerprint density at radius 3 is 2.46 bits per heavy atom. The van der Waals surface area contributed by atoms with Gasteiger partial charge in [0.25, 0.3) is 0 Å². The van der Waals surface area contributed by atoms with Gasteiger partial charge in [-0.3, -0.25) is 4.79 Å². The quantitative estimate of drug-likeness (QED) is 0.403. The van der Waals surface area contributed by atoms with Gasteiger partial charge in [0.2, 0.25) is 0 Å². The molecule has 0 aromatic rings. The molecular formula is C17H23BrO6. The lowest BCUT2D eigenvalue weighted by molar-refractivity contribution is -0.317. The first-order chi connectivity index (χ1) is 11.2. The van der Waals surface area contributed by atoms with Crippen molar-refractivity contribution in [3.05, 3.63) is 0 Å². The molecule has 2 aliphatic carbocycles. The largest absolute Gasteiger partial charge is 0.459 e. The number of alkyl halides is 1. The maximum absolute atomic E-state index is 11.7. The van der Waals surface area contributed by atoms with E-state index in [2.05, 4.69) is 29.8 Å². The Labute approximate surface area is 149 Å². The summed E-state index contributed by atoms with van der Waals surface area (Å²) in [5.41, 5.74) is -1.72. The number of epoxide rings is 1. The minimum Gasteiger partial charge on any atom is -0.459 e. The van der Waals surface area contributed by atoms with E-state index >= 15 is 0 Å². The van der Waals surface area contributed by atoms with Gasteiger partial charge in [-0.05, 0) is 19.8 Å². The predicted octanol–water partition coefficient (Wildman–Crippen LogP) is 1.17. The van der Waals surface area contributed by atoms with Gasteiger partial charge in [-0.25, -0.2) is 0 Å². The summed E-state index contributed by atoms with van der Waals surface area (Å²) in [6.07, 6.45) is -0.265. The van der Waals surface area contributed by atoms with Crippen LogP contribution < -0.4 is 0 Å². The Morgan fingerprint density at radius 1 is 1.21 bits per heavy atom. The molecule has 2 saturated carbocycles. The van der Waals surface area contributed by atoms with Gasteiger partial charge in [-0.15, -0.1) is 0 Å². The van der Waals surface area contributed by atoms with Gasteiger partial charge < -0.3 is 24.1 Å². The van der Waals surface area contributed by atoms with Crippen LogP contribution >= 0.6 is 15.9 Å². The van der Waals surface area contributed by atoms with Crippen LogP contribution in [-0.4, -0.2) is 64.7 Å². The number of hydrogen-bond acceptors (Lipinski definition) is 6. The molecule has 6 fully saturated rings. The molecule has 0 radical (unpaired) electrons. The minimum atomic E-state index is -0.882. The number of esters is 1. The Balaban J connectivity index is 1.68. The van der Waals surface area contributed by atoms with Crippen molar-refractivity contribution < 1.29 is 28.8 Å². The van der Waals surface area contributed by atoms with E-state index in [1.54, 1.807) is 0 Å². The summed E-state index contributed by atoms with van der Waals surface area (Å²) in [4.78, 5) is 11.8. The van der Waals surface area contributed by atoms with E-state index < -0.39 is 29.3 Å². The van der Waals surface area contributed by atoms with Crippen molar-refractivity contribution in [3.8, 4) is 0 Å². The molecule has 4 saturated heterocycles. The van der Waals surface area contributed by atoms with Gasteiger partial charge in [-0.1, -0.05) is 22.9 Å². The highest BCUT2D eigenvalue weighted by Gasteiger charge is 2.87. The third kappa shape index (κ3) is 1.44. The van der Waals surface area contributed by atoms with Crippen molar-refractivity contribution in [1.82, 2.24) is 0 Å². The average molecular weight is 403 g/mol. The number of rotatable bonds is 1. The number of carbonyl (C=O) groups excluding carboxylic acids is 1. The zero-order chi connectivity index (χ0) is 17.1. The highest BCUT2D eigenvalue weighted by Crippen LogP contribution is 2.75. The van der Waals surface area contributed by atoms with Gasteiger partial charge >= 0.3 is 5.97 Å². The number of hydrogen-bond donors (Lipinski definition) is 1. The number of aliphatic hydroxyl groups is 1. The highest BCUT2D eigenvalue weighted by atomic mass is 79.9. The van der Waals surface area contributed by atoms with Gasteiger partial charge in [0.15, 0.2) is 0 Å².